The molecule has 2 bridgehead atoms. The van der Waals surface area contributed by atoms with Crippen LogP contribution in [0.4, 0.5) is 0 Å². The highest BCUT2D eigenvalue weighted by Crippen LogP contribution is 2.66. The third-order valence-corrected chi connectivity index (χ3v) is 7.15. The number of aliphatic hydroxyl groups is 1. The lowest BCUT2D eigenvalue weighted by Gasteiger charge is -2.39. The van der Waals surface area contributed by atoms with E-state index in [4.69, 9.17) is 4.74 Å². The summed E-state index contributed by atoms with van der Waals surface area (Å²) in [5, 5.41) is 10.2. The van der Waals surface area contributed by atoms with E-state index >= 15 is 0 Å². The van der Waals surface area contributed by atoms with E-state index in [1.165, 1.54) is 32.1 Å². The largest absolute Gasteiger partial charge is 0.392 e. The molecule has 0 aromatic rings. The highest BCUT2D eigenvalue weighted by Gasteiger charge is 2.61. The molecule has 3 nitrogen and oxygen atoms in total. The van der Waals surface area contributed by atoms with Crippen molar-refractivity contribution in [2.24, 2.45) is 16.7 Å². The molecule has 0 aromatic heterocycles. The molecule has 1 saturated heterocycles. The normalized spacial score (nSPS) is 40.0. The van der Waals surface area contributed by atoms with Gasteiger partial charge in [-0.15, -0.1) is 0 Å². The molecular formula is C18H33NO2. The van der Waals surface area contributed by atoms with Crippen LogP contribution >= 0.6 is 0 Å². The Bertz CT molecular complexity index is 364. The van der Waals surface area contributed by atoms with Crippen molar-refractivity contribution in [3.63, 3.8) is 0 Å². The highest BCUT2D eigenvalue weighted by molar-refractivity contribution is 5.11. The van der Waals surface area contributed by atoms with Gasteiger partial charge in [0.15, 0.2) is 0 Å². The highest BCUT2D eigenvalue weighted by atomic mass is 16.5. The van der Waals surface area contributed by atoms with Crippen LogP contribution in [-0.2, 0) is 4.74 Å². The molecule has 1 N–H and O–H groups in total. The van der Waals surface area contributed by atoms with Gasteiger partial charge in [-0.25, -0.2) is 0 Å². The number of hydrogen-bond acceptors (Lipinski definition) is 3. The molecule has 3 rings (SSSR count). The zero-order chi connectivity index (χ0) is 15.1. The van der Waals surface area contributed by atoms with Gasteiger partial charge in [0, 0.05) is 13.2 Å². The Balaban J connectivity index is 1.42. The standard InChI is InChI=1S/C18H33NO2/c1-17(2)14-6-8-18(17,3)16(12-14)21-11-7-15(20)13-19-9-4-5-10-19/h14-16,20H,4-13H2,1-3H3. The van der Waals surface area contributed by atoms with Crippen molar-refractivity contribution in [1.29, 1.82) is 0 Å². The summed E-state index contributed by atoms with van der Waals surface area (Å²) in [6, 6.07) is 0. The number of nitrogens with zero attached hydrogens (tertiary/aromatic N) is 1. The average molecular weight is 295 g/mol. The molecule has 3 aliphatic rings. The van der Waals surface area contributed by atoms with Crippen molar-refractivity contribution < 1.29 is 9.84 Å². The number of rotatable bonds is 6. The first-order chi connectivity index (χ1) is 9.93. The molecule has 3 heteroatoms. The van der Waals surface area contributed by atoms with Gasteiger partial charge < -0.3 is 14.7 Å². The number of ether oxygens (including phenoxy) is 1. The predicted octanol–water partition coefficient (Wildman–Crippen LogP) is 3.06. The minimum atomic E-state index is -0.220. The van der Waals surface area contributed by atoms with Crippen molar-refractivity contribution in [3.05, 3.63) is 0 Å². The molecule has 3 fully saturated rings. The second-order valence-corrected chi connectivity index (χ2v) is 8.42. The fourth-order valence-electron chi connectivity index (χ4n) is 5.08. The molecule has 0 spiro atoms. The maximum atomic E-state index is 10.2. The van der Waals surface area contributed by atoms with Gasteiger partial charge in [-0.2, -0.15) is 0 Å². The van der Waals surface area contributed by atoms with E-state index in [0.29, 0.717) is 16.9 Å². The predicted molar refractivity (Wildman–Crippen MR) is 85.3 cm³/mol. The van der Waals surface area contributed by atoms with Crippen LogP contribution in [0.3, 0.4) is 0 Å². The molecule has 1 heterocycles. The van der Waals surface area contributed by atoms with Crippen molar-refractivity contribution in [3.8, 4) is 0 Å². The molecule has 21 heavy (non-hydrogen) atoms. The van der Waals surface area contributed by atoms with Crippen molar-refractivity contribution in [2.75, 3.05) is 26.2 Å². The van der Waals surface area contributed by atoms with Crippen LogP contribution in [-0.4, -0.2) is 48.5 Å². The van der Waals surface area contributed by atoms with Crippen molar-refractivity contribution >= 4 is 0 Å². The van der Waals surface area contributed by atoms with Gasteiger partial charge in [0.2, 0.25) is 0 Å². The second-order valence-electron chi connectivity index (χ2n) is 8.42. The number of aliphatic hydroxyl groups excluding tert-OH is 1. The fraction of sp³-hybridized carbons (Fsp3) is 1.00. The van der Waals surface area contributed by atoms with Gasteiger partial charge >= 0.3 is 0 Å². The maximum absolute atomic E-state index is 10.2. The van der Waals surface area contributed by atoms with Crippen LogP contribution in [0.1, 0.15) is 59.3 Å². The van der Waals surface area contributed by atoms with Crippen LogP contribution in [0, 0.1) is 16.7 Å². The van der Waals surface area contributed by atoms with Gasteiger partial charge in [-0.1, -0.05) is 20.8 Å². The third kappa shape index (κ3) is 2.77. The second kappa shape index (κ2) is 5.82. The Kier molecular flexibility index (Phi) is 4.37. The Labute approximate surface area is 130 Å². The van der Waals surface area contributed by atoms with Gasteiger partial charge in [0.05, 0.1) is 12.2 Å². The summed E-state index contributed by atoms with van der Waals surface area (Å²) in [5.41, 5.74) is 0.767. The van der Waals surface area contributed by atoms with Crippen LogP contribution in [0.2, 0.25) is 0 Å². The molecule has 0 amide bonds. The lowest BCUT2D eigenvalue weighted by atomic mass is 9.70. The number of β-amino-alcohol motifs (C(OH)–C–C–N with tert-alkyl or cyclic N) is 1. The number of likely N-dealkylation sites (tertiary alicyclic amines) is 1. The van der Waals surface area contributed by atoms with Gasteiger partial charge in [0.1, 0.15) is 0 Å². The quantitative estimate of drug-likeness (QED) is 0.817. The first-order valence-corrected chi connectivity index (χ1v) is 8.95. The molecule has 2 aliphatic carbocycles. The summed E-state index contributed by atoms with van der Waals surface area (Å²) >= 11 is 0. The van der Waals surface area contributed by atoms with E-state index in [1.54, 1.807) is 0 Å². The number of hydrogen-bond donors (Lipinski definition) is 1. The van der Waals surface area contributed by atoms with Crippen molar-refractivity contribution in [1.82, 2.24) is 4.90 Å². The topological polar surface area (TPSA) is 32.7 Å². The van der Waals surface area contributed by atoms with E-state index in [1.807, 2.05) is 0 Å². The molecule has 122 valence electrons. The van der Waals surface area contributed by atoms with E-state index < -0.39 is 0 Å². The molecule has 4 atom stereocenters. The summed E-state index contributed by atoms with van der Waals surface area (Å²) in [6.45, 7) is 11.2. The monoisotopic (exact) mass is 295 g/mol. The molecular weight excluding hydrogens is 262 g/mol. The Morgan fingerprint density at radius 2 is 1.95 bits per heavy atom. The Morgan fingerprint density at radius 1 is 1.24 bits per heavy atom. The van der Waals surface area contributed by atoms with E-state index in [-0.39, 0.29) is 6.10 Å². The molecule has 0 aromatic carbocycles. The van der Waals surface area contributed by atoms with Gasteiger partial charge in [0.25, 0.3) is 0 Å². The van der Waals surface area contributed by atoms with Gasteiger partial charge in [-0.05, 0) is 68.4 Å². The summed E-state index contributed by atoms with van der Waals surface area (Å²) < 4.78 is 6.23. The van der Waals surface area contributed by atoms with Crippen LogP contribution < -0.4 is 0 Å². The number of fused-ring (bicyclic) bond motifs is 2. The Hall–Kier alpha value is -0.120. The molecule has 0 radical (unpaired) electrons. The summed E-state index contributed by atoms with van der Waals surface area (Å²) in [6.07, 6.45) is 7.47. The minimum Gasteiger partial charge on any atom is -0.392 e. The van der Waals surface area contributed by atoms with E-state index in [9.17, 15) is 5.11 Å². The van der Waals surface area contributed by atoms with Crippen LogP contribution in [0.15, 0.2) is 0 Å². The molecule has 2 saturated carbocycles. The van der Waals surface area contributed by atoms with Crippen molar-refractivity contribution in [2.45, 2.75) is 71.5 Å². The zero-order valence-electron chi connectivity index (χ0n) is 14.1. The third-order valence-electron chi connectivity index (χ3n) is 7.15. The summed E-state index contributed by atoms with van der Waals surface area (Å²) in [5.74, 6) is 0.835. The minimum absolute atomic E-state index is 0.220. The van der Waals surface area contributed by atoms with Crippen LogP contribution in [0.5, 0.6) is 0 Å². The lowest BCUT2D eigenvalue weighted by Crippen LogP contribution is -2.38. The van der Waals surface area contributed by atoms with E-state index in [0.717, 1.165) is 38.6 Å². The SMILES string of the molecule is CC1(C)C2CCC1(C)C(OCCC(O)CN1CCCC1)C2. The lowest BCUT2D eigenvalue weighted by molar-refractivity contribution is -0.0561. The van der Waals surface area contributed by atoms with E-state index in [2.05, 4.69) is 25.7 Å². The van der Waals surface area contributed by atoms with Gasteiger partial charge in [-0.3, -0.25) is 0 Å². The van der Waals surface area contributed by atoms with Crippen LogP contribution in [0.25, 0.3) is 0 Å². The summed E-state index contributed by atoms with van der Waals surface area (Å²) in [7, 11) is 0. The Morgan fingerprint density at radius 3 is 2.52 bits per heavy atom. The summed E-state index contributed by atoms with van der Waals surface area (Å²) in [4.78, 5) is 2.38. The first-order valence-electron chi connectivity index (χ1n) is 8.95. The zero-order valence-corrected chi connectivity index (χ0v) is 14.1. The molecule has 1 aliphatic heterocycles. The fourth-order valence-corrected chi connectivity index (χ4v) is 5.08. The average Bonchev–Trinajstić information content (AvgIpc) is 3.04. The smallest absolute Gasteiger partial charge is 0.0689 e. The first kappa shape index (κ1) is 15.8. The molecule has 4 unspecified atom stereocenters. The maximum Gasteiger partial charge on any atom is 0.0689 e.